The van der Waals surface area contributed by atoms with Crippen molar-refractivity contribution in [2.45, 2.75) is 31.6 Å². The van der Waals surface area contributed by atoms with Crippen molar-refractivity contribution < 1.29 is 9.53 Å². The molecule has 3 rings (SSSR count). The van der Waals surface area contributed by atoms with Gasteiger partial charge in [0.15, 0.2) is 0 Å². The number of benzene rings is 1. The van der Waals surface area contributed by atoms with Gasteiger partial charge in [0, 0.05) is 4.70 Å². The largest absolute Gasteiger partial charge is 0.465 e. The van der Waals surface area contributed by atoms with Crippen molar-refractivity contribution >= 4 is 27.4 Å². The monoisotopic (exact) mass is 285 g/mol. The van der Waals surface area contributed by atoms with Crippen LogP contribution in [-0.2, 0) is 4.74 Å². The number of esters is 1. The molecule has 1 aliphatic carbocycles. The maximum absolute atomic E-state index is 11.6. The van der Waals surface area contributed by atoms with Crippen molar-refractivity contribution in [1.29, 1.82) is 5.26 Å². The van der Waals surface area contributed by atoms with E-state index in [2.05, 4.69) is 6.07 Å². The molecular formula is C16H15NO2S. The molecule has 102 valence electrons. The topological polar surface area (TPSA) is 50.1 Å². The van der Waals surface area contributed by atoms with Gasteiger partial charge in [0.1, 0.15) is 10.9 Å². The fourth-order valence-corrected chi connectivity index (χ4v) is 4.19. The fourth-order valence-electron chi connectivity index (χ4n) is 3.06. The van der Waals surface area contributed by atoms with Crippen LogP contribution in [0.2, 0.25) is 0 Å². The van der Waals surface area contributed by atoms with Crippen molar-refractivity contribution in [1.82, 2.24) is 0 Å². The predicted molar refractivity (Wildman–Crippen MR) is 79.1 cm³/mol. The van der Waals surface area contributed by atoms with E-state index in [1.807, 2.05) is 12.1 Å². The molecular weight excluding hydrogens is 270 g/mol. The third-order valence-corrected chi connectivity index (χ3v) is 5.09. The van der Waals surface area contributed by atoms with Gasteiger partial charge in [-0.1, -0.05) is 18.9 Å². The minimum Gasteiger partial charge on any atom is -0.465 e. The van der Waals surface area contributed by atoms with E-state index in [9.17, 15) is 10.1 Å². The van der Waals surface area contributed by atoms with Crippen LogP contribution in [-0.4, -0.2) is 13.1 Å². The lowest BCUT2D eigenvalue weighted by Gasteiger charge is -2.08. The molecule has 0 atom stereocenters. The first-order valence-electron chi connectivity index (χ1n) is 6.79. The molecule has 1 aliphatic rings. The molecule has 2 aromatic rings. The van der Waals surface area contributed by atoms with Crippen LogP contribution in [0.5, 0.6) is 0 Å². The van der Waals surface area contributed by atoms with Crippen molar-refractivity contribution in [2.75, 3.05) is 7.11 Å². The Balaban J connectivity index is 2.14. The number of nitrogens with zero attached hydrogens (tertiary/aromatic N) is 1. The SMILES string of the molecule is COC(=O)c1ccc2c(C3CCCC3)c(C#N)sc2c1. The van der Waals surface area contributed by atoms with Crippen LogP contribution in [0.25, 0.3) is 10.1 Å². The van der Waals surface area contributed by atoms with E-state index in [1.165, 1.54) is 49.7 Å². The molecule has 0 N–H and O–H groups in total. The summed E-state index contributed by atoms with van der Waals surface area (Å²) in [7, 11) is 1.38. The molecule has 0 saturated heterocycles. The molecule has 4 heteroatoms. The van der Waals surface area contributed by atoms with E-state index in [4.69, 9.17) is 4.74 Å². The highest BCUT2D eigenvalue weighted by Crippen LogP contribution is 2.43. The Kier molecular flexibility index (Phi) is 3.45. The van der Waals surface area contributed by atoms with Gasteiger partial charge in [-0.05, 0) is 41.8 Å². The summed E-state index contributed by atoms with van der Waals surface area (Å²) in [6.45, 7) is 0. The third-order valence-electron chi connectivity index (χ3n) is 4.01. The highest BCUT2D eigenvalue weighted by Gasteiger charge is 2.24. The fraction of sp³-hybridized carbons (Fsp3) is 0.375. The molecule has 0 unspecified atom stereocenters. The Morgan fingerprint density at radius 3 is 2.80 bits per heavy atom. The standard InChI is InChI=1S/C16H15NO2S/c1-19-16(18)11-6-7-12-13(8-11)20-14(9-17)15(12)10-4-2-3-5-10/h6-8,10H,2-5H2,1H3. The first kappa shape index (κ1) is 13.1. The number of rotatable bonds is 2. The third kappa shape index (κ3) is 2.08. The molecule has 0 bridgehead atoms. The number of nitriles is 1. The number of carbonyl (C=O) groups is 1. The molecule has 0 aliphatic heterocycles. The number of hydrogen-bond donors (Lipinski definition) is 0. The Bertz CT molecular complexity index is 705. The van der Waals surface area contributed by atoms with Gasteiger partial charge in [-0.2, -0.15) is 5.26 Å². The molecule has 1 aromatic heterocycles. The molecule has 20 heavy (non-hydrogen) atoms. The highest BCUT2D eigenvalue weighted by molar-refractivity contribution is 7.19. The minimum atomic E-state index is -0.332. The number of ether oxygens (including phenoxy) is 1. The van der Waals surface area contributed by atoms with Gasteiger partial charge >= 0.3 is 5.97 Å². The molecule has 1 heterocycles. The average Bonchev–Trinajstić information content (AvgIpc) is 3.11. The van der Waals surface area contributed by atoms with E-state index in [1.54, 1.807) is 6.07 Å². The molecule has 1 saturated carbocycles. The molecule has 1 aromatic carbocycles. The summed E-state index contributed by atoms with van der Waals surface area (Å²) in [4.78, 5) is 12.4. The first-order chi connectivity index (χ1) is 9.74. The Morgan fingerprint density at radius 2 is 2.15 bits per heavy atom. The van der Waals surface area contributed by atoms with E-state index in [-0.39, 0.29) is 5.97 Å². The quantitative estimate of drug-likeness (QED) is 0.776. The zero-order valence-corrected chi connectivity index (χ0v) is 12.1. The van der Waals surface area contributed by atoms with Crippen molar-refractivity contribution in [2.24, 2.45) is 0 Å². The second-order valence-electron chi connectivity index (χ2n) is 5.14. The van der Waals surface area contributed by atoms with Gasteiger partial charge in [-0.3, -0.25) is 0 Å². The molecule has 3 nitrogen and oxygen atoms in total. The summed E-state index contributed by atoms with van der Waals surface area (Å²) in [5, 5.41) is 10.5. The number of methoxy groups -OCH3 is 1. The number of thiophene rings is 1. The second-order valence-corrected chi connectivity index (χ2v) is 6.19. The van der Waals surface area contributed by atoms with Gasteiger partial charge in [0.05, 0.1) is 12.7 Å². The summed E-state index contributed by atoms with van der Waals surface area (Å²) in [5.74, 6) is 0.170. The zero-order chi connectivity index (χ0) is 14.1. The van der Waals surface area contributed by atoms with E-state index in [0.717, 1.165) is 15.0 Å². The van der Waals surface area contributed by atoms with Gasteiger partial charge in [0.2, 0.25) is 0 Å². The Morgan fingerprint density at radius 1 is 1.40 bits per heavy atom. The smallest absolute Gasteiger partial charge is 0.337 e. The van der Waals surface area contributed by atoms with Crippen molar-refractivity contribution in [3.63, 3.8) is 0 Å². The minimum absolute atomic E-state index is 0.332. The number of hydrogen-bond acceptors (Lipinski definition) is 4. The molecule has 1 fully saturated rings. The maximum atomic E-state index is 11.6. The predicted octanol–water partition coefficient (Wildman–Crippen LogP) is 4.22. The van der Waals surface area contributed by atoms with Crippen LogP contribution in [0.3, 0.4) is 0 Å². The highest BCUT2D eigenvalue weighted by atomic mass is 32.1. The van der Waals surface area contributed by atoms with Gasteiger partial charge in [0.25, 0.3) is 0 Å². The zero-order valence-electron chi connectivity index (χ0n) is 11.3. The van der Waals surface area contributed by atoms with Crippen molar-refractivity contribution in [3.05, 3.63) is 34.2 Å². The molecule has 0 spiro atoms. The van der Waals surface area contributed by atoms with Crippen LogP contribution in [0.1, 0.15) is 52.4 Å². The summed E-state index contributed by atoms with van der Waals surface area (Å²) in [5.41, 5.74) is 1.74. The Hall–Kier alpha value is -1.86. The summed E-state index contributed by atoms with van der Waals surface area (Å²) < 4.78 is 5.75. The second kappa shape index (κ2) is 5.26. The van der Waals surface area contributed by atoms with Gasteiger partial charge < -0.3 is 4.74 Å². The van der Waals surface area contributed by atoms with Crippen LogP contribution >= 0.6 is 11.3 Å². The van der Waals surface area contributed by atoms with Gasteiger partial charge in [-0.15, -0.1) is 11.3 Å². The van der Waals surface area contributed by atoms with Crippen LogP contribution < -0.4 is 0 Å². The summed E-state index contributed by atoms with van der Waals surface area (Å²) >= 11 is 1.48. The first-order valence-corrected chi connectivity index (χ1v) is 7.61. The summed E-state index contributed by atoms with van der Waals surface area (Å²) in [6.07, 6.45) is 4.82. The Labute approximate surface area is 121 Å². The van der Waals surface area contributed by atoms with Crippen LogP contribution in [0.15, 0.2) is 18.2 Å². The van der Waals surface area contributed by atoms with E-state index < -0.39 is 0 Å². The number of fused-ring (bicyclic) bond motifs is 1. The lowest BCUT2D eigenvalue weighted by atomic mass is 9.94. The van der Waals surface area contributed by atoms with E-state index in [0.29, 0.717) is 11.5 Å². The lowest BCUT2D eigenvalue weighted by Crippen LogP contribution is -2.00. The normalized spacial score (nSPS) is 15.4. The lowest BCUT2D eigenvalue weighted by molar-refractivity contribution is 0.0601. The van der Waals surface area contributed by atoms with E-state index >= 15 is 0 Å². The van der Waals surface area contributed by atoms with Gasteiger partial charge in [-0.25, -0.2) is 4.79 Å². The van der Waals surface area contributed by atoms with Crippen LogP contribution in [0, 0.1) is 11.3 Å². The summed E-state index contributed by atoms with van der Waals surface area (Å²) in [6, 6.07) is 7.92. The molecule has 0 amide bonds. The molecule has 0 radical (unpaired) electrons. The van der Waals surface area contributed by atoms with Crippen LogP contribution in [0.4, 0.5) is 0 Å². The average molecular weight is 285 g/mol. The van der Waals surface area contributed by atoms with Crippen molar-refractivity contribution in [3.8, 4) is 6.07 Å². The number of carbonyl (C=O) groups excluding carboxylic acids is 1. The maximum Gasteiger partial charge on any atom is 0.337 e.